The molecule has 0 atom stereocenters. The molecule has 0 radical (unpaired) electrons. The Morgan fingerprint density at radius 2 is 1.61 bits per heavy atom. The van der Waals surface area contributed by atoms with E-state index in [1.807, 2.05) is 57.2 Å². The van der Waals surface area contributed by atoms with Crippen LogP contribution in [0.5, 0.6) is 11.5 Å². The van der Waals surface area contributed by atoms with Gasteiger partial charge in [0.2, 0.25) is 5.91 Å². The highest BCUT2D eigenvalue weighted by Crippen LogP contribution is 2.34. The third-order valence-electron chi connectivity index (χ3n) is 6.89. The number of anilines is 1. The van der Waals surface area contributed by atoms with Crippen LogP contribution >= 0.6 is 35.0 Å². The van der Waals surface area contributed by atoms with E-state index in [9.17, 15) is 14.4 Å². The monoisotopic (exact) mass is 649 g/mol. The van der Waals surface area contributed by atoms with Crippen LogP contribution in [0, 0.1) is 13.8 Å². The minimum absolute atomic E-state index is 0.258. The molecule has 0 spiro atoms. The molecule has 1 N–H and O–H groups in total. The summed E-state index contributed by atoms with van der Waals surface area (Å²) in [6, 6.07) is 21.7. The number of carbonyl (C=O) groups excluding carboxylic acids is 3. The molecule has 0 aliphatic carbocycles. The number of thioether (sulfide) groups is 1. The highest BCUT2D eigenvalue weighted by Gasteiger charge is 2.36. The molecule has 3 aromatic carbocycles. The molecule has 1 saturated heterocycles. The number of imide groups is 1. The number of hydrogen-bond acceptors (Lipinski definition) is 6. The summed E-state index contributed by atoms with van der Waals surface area (Å²) in [5.74, 6) is 0.388. The maximum Gasteiger partial charge on any atom is 0.294 e. The predicted octanol–water partition coefficient (Wildman–Crippen LogP) is 8.05. The van der Waals surface area contributed by atoms with E-state index in [4.69, 9.17) is 32.7 Å². The second-order valence-corrected chi connectivity index (χ2v) is 11.8. The van der Waals surface area contributed by atoms with Gasteiger partial charge < -0.3 is 19.4 Å². The van der Waals surface area contributed by atoms with Gasteiger partial charge in [-0.15, -0.1) is 0 Å². The zero-order chi connectivity index (χ0) is 31.4. The first-order valence-corrected chi connectivity index (χ1v) is 15.3. The van der Waals surface area contributed by atoms with Gasteiger partial charge in [0.05, 0.1) is 11.5 Å². The number of nitrogens with one attached hydrogen (secondary N) is 1. The molecule has 1 aliphatic heterocycles. The van der Waals surface area contributed by atoms with E-state index in [1.165, 1.54) is 0 Å². The molecule has 8 nitrogen and oxygen atoms in total. The van der Waals surface area contributed by atoms with Crippen molar-refractivity contribution < 1.29 is 23.9 Å². The summed E-state index contributed by atoms with van der Waals surface area (Å²) in [6.45, 7) is 6.25. The fourth-order valence-electron chi connectivity index (χ4n) is 4.75. The Morgan fingerprint density at radius 1 is 0.932 bits per heavy atom. The first-order valence-electron chi connectivity index (χ1n) is 13.8. The number of aromatic nitrogens is 1. The van der Waals surface area contributed by atoms with Gasteiger partial charge in [0.15, 0.2) is 0 Å². The van der Waals surface area contributed by atoms with Crippen LogP contribution in [0.15, 0.2) is 77.7 Å². The lowest BCUT2D eigenvalue weighted by Crippen LogP contribution is -2.36. The minimum atomic E-state index is -0.506. The summed E-state index contributed by atoms with van der Waals surface area (Å²) in [7, 11) is 0. The highest BCUT2D eigenvalue weighted by molar-refractivity contribution is 8.18. The lowest BCUT2D eigenvalue weighted by Gasteiger charge is -2.13. The molecule has 5 rings (SSSR count). The van der Waals surface area contributed by atoms with Crippen LogP contribution in [0.1, 0.15) is 29.4 Å². The van der Waals surface area contributed by atoms with Gasteiger partial charge in [-0.3, -0.25) is 19.3 Å². The first-order chi connectivity index (χ1) is 21.1. The number of aryl methyl sites for hydroxylation is 1. The summed E-state index contributed by atoms with van der Waals surface area (Å²) in [6.07, 6.45) is 1.70. The van der Waals surface area contributed by atoms with Crippen molar-refractivity contribution in [2.75, 3.05) is 18.5 Å². The van der Waals surface area contributed by atoms with Crippen molar-refractivity contribution in [1.82, 2.24) is 9.47 Å². The van der Waals surface area contributed by atoms with Crippen molar-refractivity contribution >= 4 is 63.8 Å². The number of hydrogen-bond donors (Lipinski definition) is 1. The average molecular weight is 651 g/mol. The highest BCUT2D eigenvalue weighted by atomic mass is 35.5. The van der Waals surface area contributed by atoms with Gasteiger partial charge in [-0.1, -0.05) is 29.3 Å². The summed E-state index contributed by atoms with van der Waals surface area (Å²) in [5.41, 5.74) is 4.92. The number of carbonyl (C=O) groups is 3. The van der Waals surface area contributed by atoms with Crippen molar-refractivity contribution in [3.63, 3.8) is 0 Å². The topological polar surface area (TPSA) is 89.9 Å². The maximum absolute atomic E-state index is 13.1. The third kappa shape index (κ3) is 7.13. The predicted molar refractivity (Wildman–Crippen MR) is 175 cm³/mol. The third-order valence-corrected chi connectivity index (χ3v) is 8.38. The Labute approximate surface area is 269 Å². The van der Waals surface area contributed by atoms with E-state index in [0.717, 1.165) is 44.9 Å². The number of ether oxygens (including phenoxy) is 2. The summed E-state index contributed by atoms with van der Waals surface area (Å²) in [5, 5.41) is 3.34. The molecular weight excluding hydrogens is 621 g/mol. The average Bonchev–Trinajstić information content (AvgIpc) is 3.42. The van der Waals surface area contributed by atoms with Crippen LogP contribution in [-0.2, 0) is 16.2 Å². The molecule has 0 bridgehead atoms. The van der Waals surface area contributed by atoms with Crippen LogP contribution in [0.2, 0.25) is 10.0 Å². The van der Waals surface area contributed by atoms with E-state index in [1.54, 1.807) is 42.5 Å². The Bertz CT molecular complexity index is 1750. The second-order valence-electron chi connectivity index (χ2n) is 9.95. The smallest absolute Gasteiger partial charge is 0.294 e. The number of rotatable bonds is 10. The van der Waals surface area contributed by atoms with E-state index >= 15 is 0 Å². The maximum atomic E-state index is 13.1. The quantitative estimate of drug-likeness (QED) is 0.175. The summed E-state index contributed by atoms with van der Waals surface area (Å²) < 4.78 is 13.4. The lowest BCUT2D eigenvalue weighted by molar-refractivity contribution is -0.127. The lowest BCUT2D eigenvalue weighted by atomic mass is 10.2. The number of amides is 3. The van der Waals surface area contributed by atoms with E-state index in [0.29, 0.717) is 40.4 Å². The molecule has 4 aromatic rings. The van der Waals surface area contributed by atoms with Crippen LogP contribution < -0.4 is 14.8 Å². The fraction of sp³-hybridized carbons (Fsp3) is 0.182. The van der Waals surface area contributed by atoms with Gasteiger partial charge in [0.1, 0.15) is 24.7 Å². The standard InChI is InChI=1S/C33H29Cl2N3O5S/c1-4-42-27-11-7-25(8-12-27)36-31(39)18-37-32(40)30(44-33(37)41)16-23-15-20(2)38(21(23)3)26-9-13-28(14-10-26)43-19-22-5-6-24(34)17-29(22)35/h5-17H,4,18-19H2,1-3H3,(H,36,39)/b30-16+. The molecule has 44 heavy (non-hydrogen) atoms. The van der Waals surface area contributed by atoms with Gasteiger partial charge >= 0.3 is 0 Å². The normalized spacial score (nSPS) is 13.9. The zero-order valence-electron chi connectivity index (χ0n) is 24.2. The number of nitrogens with zero attached hydrogens (tertiary/aromatic N) is 2. The molecule has 0 unspecified atom stereocenters. The largest absolute Gasteiger partial charge is 0.494 e. The van der Waals surface area contributed by atoms with Crippen molar-refractivity contribution in [2.24, 2.45) is 0 Å². The van der Waals surface area contributed by atoms with Crippen LogP contribution in [0.25, 0.3) is 11.8 Å². The first kappa shape index (κ1) is 31.3. The van der Waals surface area contributed by atoms with Crippen LogP contribution in [0.3, 0.4) is 0 Å². The van der Waals surface area contributed by atoms with Gasteiger partial charge in [0.25, 0.3) is 11.1 Å². The molecule has 11 heteroatoms. The number of benzene rings is 3. The SMILES string of the molecule is CCOc1ccc(NC(=O)CN2C(=O)S/C(=C/c3cc(C)n(-c4ccc(OCc5ccc(Cl)cc5Cl)cc4)c3C)C2=O)cc1. The van der Waals surface area contributed by atoms with Gasteiger partial charge in [-0.2, -0.15) is 0 Å². The van der Waals surface area contributed by atoms with Gasteiger partial charge in [0, 0.05) is 38.4 Å². The molecule has 3 amide bonds. The van der Waals surface area contributed by atoms with Crippen molar-refractivity contribution in [2.45, 2.75) is 27.4 Å². The van der Waals surface area contributed by atoms with Gasteiger partial charge in [-0.05, 0) is 111 Å². The van der Waals surface area contributed by atoms with Crippen LogP contribution in [-0.4, -0.2) is 39.7 Å². The Kier molecular flexibility index (Phi) is 9.68. The second kappa shape index (κ2) is 13.6. The minimum Gasteiger partial charge on any atom is -0.494 e. The molecule has 226 valence electrons. The van der Waals surface area contributed by atoms with Crippen molar-refractivity contribution in [1.29, 1.82) is 0 Å². The molecule has 1 aliphatic rings. The van der Waals surface area contributed by atoms with E-state index < -0.39 is 17.1 Å². The van der Waals surface area contributed by atoms with Crippen LogP contribution in [0.4, 0.5) is 10.5 Å². The van der Waals surface area contributed by atoms with E-state index in [-0.39, 0.29) is 11.4 Å². The molecule has 2 heterocycles. The molecular formula is C33H29Cl2N3O5S. The fourth-order valence-corrected chi connectivity index (χ4v) is 6.04. The number of halogens is 2. The summed E-state index contributed by atoms with van der Waals surface area (Å²) in [4.78, 5) is 39.6. The Morgan fingerprint density at radius 3 is 2.30 bits per heavy atom. The van der Waals surface area contributed by atoms with E-state index in [2.05, 4.69) is 9.88 Å². The Hall–Kier alpha value is -4.18. The Balaban J connectivity index is 1.24. The summed E-state index contributed by atoms with van der Waals surface area (Å²) >= 11 is 13.0. The molecule has 1 fully saturated rings. The van der Waals surface area contributed by atoms with Crippen molar-refractivity contribution in [3.05, 3.63) is 110 Å². The van der Waals surface area contributed by atoms with Crippen molar-refractivity contribution in [3.8, 4) is 17.2 Å². The van der Waals surface area contributed by atoms with Gasteiger partial charge in [-0.25, -0.2) is 0 Å². The zero-order valence-corrected chi connectivity index (χ0v) is 26.6. The molecule has 0 saturated carbocycles. The molecule has 1 aromatic heterocycles.